The van der Waals surface area contributed by atoms with Gasteiger partial charge in [-0.3, -0.25) is 4.79 Å². The van der Waals surface area contributed by atoms with Crippen LogP contribution in [-0.4, -0.2) is 36.0 Å². The molecule has 17 heavy (non-hydrogen) atoms. The molecule has 0 fully saturated rings. The summed E-state index contributed by atoms with van der Waals surface area (Å²) in [6.45, 7) is 0.157. The Morgan fingerprint density at radius 3 is 2.76 bits per heavy atom. The molecule has 0 saturated heterocycles. The Hall–Kier alpha value is -1.14. The number of alkyl halides is 1. The Morgan fingerprint density at radius 2 is 2.12 bits per heavy atom. The van der Waals surface area contributed by atoms with Gasteiger partial charge in [0, 0.05) is 18.6 Å². The lowest BCUT2D eigenvalue weighted by molar-refractivity contribution is 0.0870. The van der Waals surface area contributed by atoms with Crippen LogP contribution in [0.15, 0.2) is 23.4 Å². The molecule has 2 heterocycles. The van der Waals surface area contributed by atoms with E-state index in [1.54, 1.807) is 6.07 Å². The van der Waals surface area contributed by atoms with Crippen LogP contribution >= 0.6 is 11.6 Å². The van der Waals surface area contributed by atoms with Gasteiger partial charge >= 0.3 is 0 Å². The van der Waals surface area contributed by atoms with Crippen molar-refractivity contribution in [2.75, 3.05) is 12.4 Å². The van der Waals surface area contributed by atoms with Gasteiger partial charge in [-0.1, -0.05) is 0 Å². The SMILES string of the molecule is O=C1c2cccnc2S(=O)(=O)N1CCCCCl. The minimum atomic E-state index is -3.75. The van der Waals surface area contributed by atoms with E-state index in [0.717, 1.165) is 4.31 Å². The first-order valence-electron chi connectivity index (χ1n) is 5.17. The second-order valence-corrected chi connectivity index (χ2v) is 5.79. The molecule has 92 valence electrons. The van der Waals surface area contributed by atoms with E-state index in [2.05, 4.69) is 4.98 Å². The summed E-state index contributed by atoms with van der Waals surface area (Å²) in [7, 11) is -3.75. The van der Waals surface area contributed by atoms with Gasteiger partial charge in [0.2, 0.25) is 0 Å². The van der Waals surface area contributed by atoms with Crippen LogP contribution < -0.4 is 0 Å². The molecule has 1 aliphatic heterocycles. The first-order chi connectivity index (χ1) is 8.09. The summed E-state index contributed by atoms with van der Waals surface area (Å²) in [4.78, 5) is 15.6. The second-order valence-electron chi connectivity index (χ2n) is 3.63. The number of nitrogens with zero attached hydrogens (tertiary/aromatic N) is 2. The van der Waals surface area contributed by atoms with Crippen LogP contribution in [0.25, 0.3) is 0 Å². The number of hydrogen-bond acceptors (Lipinski definition) is 4. The van der Waals surface area contributed by atoms with Crippen LogP contribution in [0.2, 0.25) is 0 Å². The van der Waals surface area contributed by atoms with Crippen molar-refractivity contribution in [3.05, 3.63) is 23.9 Å². The number of halogens is 1. The van der Waals surface area contributed by atoms with Crippen molar-refractivity contribution in [2.24, 2.45) is 0 Å². The Bertz CT molecular complexity index is 544. The number of sulfonamides is 1. The summed E-state index contributed by atoms with van der Waals surface area (Å²) in [6, 6.07) is 3.03. The van der Waals surface area contributed by atoms with E-state index in [9.17, 15) is 13.2 Å². The van der Waals surface area contributed by atoms with Crippen LogP contribution in [-0.2, 0) is 10.0 Å². The maximum Gasteiger partial charge on any atom is 0.285 e. The maximum absolute atomic E-state index is 12.0. The summed E-state index contributed by atoms with van der Waals surface area (Å²) in [5.41, 5.74) is 0.151. The van der Waals surface area contributed by atoms with E-state index in [-0.39, 0.29) is 17.1 Å². The molecule has 1 aromatic rings. The smallest absolute Gasteiger partial charge is 0.268 e. The van der Waals surface area contributed by atoms with E-state index in [1.165, 1.54) is 12.3 Å². The monoisotopic (exact) mass is 274 g/mol. The van der Waals surface area contributed by atoms with Gasteiger partial charge < -0.3 is 0 Å². The van der Waals surface area contributed by atoms with Crippen LogP contribution in [0.4, 0.5) is 0 Å². The standard InChI is InChI=1S/C10H11ClN2O3S/c11-5-1-2-7-13-10(14)8-4-3-6-12-9(8)17(13,15)16/h3-4,6H,1-2,5,7H2. The highest BCUT2D eigenvalue weighted by atomic mass is 35.5. The zero-order valence-electron chi connectivity index (χ0n) is 8.97. The average Bonchev–Trinajstić information content (AvgIpc) is 2.51. The minimum Gasteiger partial charge on any atom is -0.268 e. The third-order valence-corrected chi connectivity index (χ3v) is 4.52. The van der Waals surface area contributed by atoms with Crippen LogP contribution in [0.1, 0.15) is 23.2 Å². The fraction of sp³-hybridized carbons (Fsp3) is 0.400. The quantitative estimate of drug-likeness (QED) is 0.612. The zero-order chi connectivity index (χ0) is 12.5. The molecule has 2 rings (SSSR count). The molecule has 0 bridgehead atoms. The zero-order valence-corrected chi connectivity index (χ0v) is 10.5. The summed E-state index contributed by atoms with van der Waals surface area (Å²) in [6.07, 6.45) is 2.60. The number of carbonyl (C=O) groups is 1. The number of hydrogen-bond donors (Lipinski definition) is 0. The molecule has 1 amide bonds. The number of fused-ring (bicyclic) bond motifs is 1. The molecule has 0 unspecified atom stereocenters. The fourth-order valence-electron chi connectivity index (χ4n) is 1.68. The number of amides is 1. The predicted molar refractivity (Wildman–Crippen MR) is 62.4 cm³/mol. The first-order valence-corrected chi connectivity index (χ1v) is 7.14. The van der Waals surface area contributed by atoms with Crippen molar-refractivity contribution in [1.82, 2.24) is 9.29 Å². The number of unbranched alkanes of at least 4 members (excludes halogenated alkanes) is 1. The van der Waals surface area contributed by atoms with Crippen molar-refractivity contribution in [3.8, 4) is 0 Å². The van der Waals surface area contributed by atoms with Gasteiger partial charge in [0.1, 0.15) is 0 Å². The summed E-state index contributed by atoms with van der Waals surface area (Å²) >= 11 is 5.52. The lowest BCUT2D eigenvalue weighted by Crippen LogP contribution is -2.31. The van der Waals surface area contributed by atoms with Gasteiger partial charge in [0.05, 0.1) is 5.56 Å². The van der Waals surface area contributed by atoms with Crippen molar-refractivity contribution in [1.29, 1.82) is 0 Å². The van der Waals surface area contributed by atoms with Crippen LogP contribution in [0, 0.1) is 0 Å². The molecular formula is C10H11ClN2O3S. The minimum absolute atomic E-state index is 0.143. The third kappa shape index (κ3) is 2.02. The number of carbonyl (C=O) groups excluding carboxylic acids is 1. The maximum atomic E-state index is 12.0. The van der Waals surface area contributed by atoms with Crippen molar-refractivity contribution >= 4 is 27.5 Å². The van der Waals surface area contributed by atoms with Gasteiger partial charge in [0.15, 0.2) is 5.03 Å². The van der Waals surface area contributed by atoms with E-state index in [0.29, 0.717) is 18.7 Å². The van der Waals surface area contributed by atoms with E-state index >= 15 is 0 Å². The van der Waals surface area contributed by atoms with Crippen molar-refractivity contribution in [3.63, 3.8) is 0 Å². The van der Waals surface area contributed by atoms with Crippen molar-refractivity contribution in [2.45, 2.75) is 17.9 Å². The molecule has 0 aromatic carbocycles. The Labute approximate surface area is 104 Å². The van der Waals surface area contributed by atoms with Crippen LogP contribution in [0.3, 0.4) is 0 Å². The predicted octanol–water partition coefficient (Wildman–Crippen LogP) is 1.25. The largest absolute Gasteiger partial charge is 0.285 e. The molecule has 1 aliphatic rings. The summed E-state index contributed by atoms with van der Waals surface area (Å²) < 4.78 is 24.9. The number of aromatic nitrogens is 1. The van der Waals surface area contributed by atoms with Gasteiger partial charge in [-0.05, 0) is 25.0 Å². The van der Waals surface area contributed by atoms with E-state index in [4.69, 9.17) is 11.6 Å². The molecule has 0 aliphatic carbocycles. The average molecular weight is 275 g/mol. The van der Waals surface area contributed by atoms with Gasteiger partial charge in [-0.15, -0.1) is 11.6 Å². The molecule has 0 radical (unpaired) electrons. The molecule has 0 atom stereocenters. The molecule has 0 N–H and O–H groups in total. The van der Waals surface area contributed by atoms with Gasteiger partial charge in [-0.2, -0.15) is 8.42 Å². The molecule has 5 nitrogen and oxygen atoms in total. The highest BCUT2D eigenvalue weighted by Crippen LogP contribution is 2.28. The Morgan fingerprint density at radius 1 is 1.35 bits per heavy atom. The molecule has 0 saturated carbocycles. The third-order valence-electron chi connectivity index (χ3n) is 2.51. The fourth-order valence-corrected chi connectivity index (χ4v) is 3.39. The van der Waals surface area contributed by atoms with Gasteiger partial charge in [-0.25, -0.2) is 9.29 Å². The van der Waals surface area contributed by atoms with Crippen LogP contribution in [0.5, 0.6) is 0 Å². The summed E-state index contributed by atoms with van der Waals surface area (Å²) in [5.74, 6) is -0.0459. The Balaban J connectivity index is 2.31. The number of rotatable bonds is 4. The topological polar surface area (TPSA) is 67.3 Å². The normalized spacial score (nSPS) is 17.2. The lowest BCUT2D eigenvalue weighted by atomic mass is 10.2. The molecule has 0 spiro atoms. The molecular weight excluding hydrogens is 264 g/mol. The molecule has 1 aromatic heterocycles. The highest BCUT2D eigenvalue weighted by Gasteiger charge is 2.41. The summed E-state index contributed by atoms with van der Waals surface area (Å²) in [5, 5.41) is -0.143. The van der Waals surface area contributed by atoms with Gasteiger partial charge in [0.25, 0.3) is 15.9 Å². The second kappa shape index (κ2) is 4.62. The van der Waals surface area contributed by atoms with Crippen molar-refractivity contribution < 1.29 is 13.2 Å². The first kappa shape index (κ1) is 12.3. The lowest BCUT2D eigenvalue weighted by Gasteiger charge is -2.13. The van der Waals surface area contributed by atoms with E-state index < -0.39 is 15.9 Å². The highest BCUT2D eigenvalue weighted by molar-refractivity contribution is 7.90. The molecule has 7 heteroatoms. The van der Waals surface area contributed by atoms with E-state index in [1.807, 2.05) is 0 Å². The number of pyridine rings is 1. The Kier molecular flexibility index (Phi) is 3.35.